The second kappa shape index (κ2) is 9.69. The minimum absolute atomic E-state index is 0.140. The van der Waals surface area contributed by atoms with E-state index in [1.165, 1.54) is 12.1 Å². The Morgan fingerprint density at radius 3 is 2.59 bits per heavy atom. The quantitative estimate of drug-likeness (QED) is 0.361. The molecule has 0 spiro atoms. The lowest BCUT2D eigenvalue weighted by Crippen LogP contribution is -2.16. The molecule has 0 bridgehead atoms. The minimum Gasteiger partial charge on any atom is -0.489 e. The third-order valence-corrected chi connectivity index (χ3v) is 5.91. The molecule has 0 radical (unpaired) electrons. The monoisotopic (exact) mass is 482 g/mol. The van der Waals surface area contributed by atoms with Gasteiger partial charge in [0.05, 0.1) is 29.2 Å². The highest BCUT2D eigenvalue weighted by Gasteiger charge is 2.23. The van der Waals surface area contributed by atoms with Crippen molar-refractivity contribution >= 4 is 23.2 Å². The van der Waals surface area contributed by atoms with Crippen LogP contribution in [0.5, 0.6) is 5.75 Å². The Bertz CT molecular complexity index is 1350. The summed E-state index contributed by atoms with van der Waals surface area (Å²) in [5, 5.41) is 11.7. The topological polar surface area (TPSA) is 82.2 Å². The molecule has 2 aromatic carbocycles. The summed E-state index contributed by atoms with van der Waals surface area (Å²) in [6.45, 7) is 7.83. The number of aryl methyl sites for hydroxylation is 3. The van der Waals surface area contributed by atoms with Gasteiger partial charge >= 0.3 is 0 Å². The Hall–Kier alpha value is -3.65. The molecule has 176 valence electrons. The lowest BCUT2D eigenvalue weighted by atomic mass is 10.2. The zero-order valence-electron chi connectivity index (χ0n) is 19.3. The molecule has 0 saturated heterocycles. The van der Waals surface area contributed by atoms with E-state index in [0.717, 1.165) is 11.3 Å². The molecular formula is C25H24ClFN4O3. The number of halogens is 2. The first-order valence-electron chi connectivity index (χ1n) is 10.7. The number of benzene rings is 2. The van der Waals surface area contributed by atoms with Crippen molar-refractivity contribution in [3.63, 3.8) is 0 Å². The van der Waals surface area contributed by atoms with Gasteiger partial charge in [-0.1, -0.05) is 40.5 Å². The standard InChI is InChI=1S/C25H24ClFN4O3/c1-14-5-9-20(10-6-14)33-13-21-17(4)34-30-24(21)25(32)28-23-15(2)29-31(16(23)3)12-18-7-8-19(27)11-22(18)26/h5-11H,12-13H2,1-4H3,(H,28,32). The van der Waals surface area contributed by atoms with Crippen LogP contribution in [0.3, 0.4) is 0 Å². The number of carbonyl (C=O) groups is 1. The van der Waals surface area contributed by atoms with Crippen LogP contribution in [0, 0.1) is 33.5 Å². The lowest BCUT2D eigenvalue weighted by molar-refractivity contribution is 0.101. The number of nitrogens with one attached hydrogen (secondary N) is 1. The molecule has 0 aliphatic rings. The second-order valence-electron chi connectivity index (χ2n) is 8.06. The van der Waals surface area contributed by atoms with Gasteiger partial charge in [0.15, 0.2) is 5.69 Å². The Morgan fingerprint density at radius 2 is 1.88 bits per heavy atom. The minimum atomic E-state index is -0.426. The van der Waals surface area contributed by atoms with Crippen LogP contribution in [0.4, 0.5) is 10.1 Å². The average Bonchev–Trinajstić information content (AvgIpc) is 3.29. The number of ether oxygens (including phenoxy) is 1. The van der Waals surface area contributed by atoms with Crippen LogP contribution < -0.4 is 10.1 Å². The number of nitrogens with zero attached hydrogens (tertiary/aromatic N) is 3. The van der Waals surface area contributed by atoms with Crippen LogP contribution in [0.15, 0.2) is 47.0 Å². The highest BCUT2D eigenvalue weighted by Crippen LogP contribution is 2.25. The van der Waals surface area contributed by atoms with Crippen molar-refractivity contribution in [3.05, 3.63) is 92.8 Å². The molecule has 1 amide bonds. The van der Waals surface area contributed by atoms with Crippen LogP contribution in [0.25, 0.3) is 0 Å². The molecule has 0 aliphatic heterocycles. The summed E-state index contributed by atoms with van der Waals surface area (Å²) in [4.78, 5) is 13.1. The summed E-state index contributed by atoms with van der Waals surface area (Å²) in [6, 6.07) is 11.9. The molecule has 0 fully saturated rings. The fourth-order valence-corrected chi connectivity index (χ4v) is 3.77. The van der Waals surface area contributed by atoms with Gasteiger partial charge in [-0.3, -0.25) is 9.48 Å². The number of rotatable bonds is 7. The zero-order valence-corrected chi connectivity index (χ0v) is 20.0. The van der Waals surface area contributed by atoms with Crippen molar-refractivity contribution in [2.45, 2.75) is 40.8 Å². The molecule has 4 rings (SSSR count). The summed E-state index contributed by atoms with van der Waals surface area (Å²) >= 11 is 6.16. The zero-order chi connectivity index (χ0) is 24.4. The smallest absolute Gasteiger partial charge is 0.278 e. The molecule has 0 saturated carbocycles. The van der Waals surface area contributed by atoms with Crippen molar-refractivity contribution in [1.29, 1.82) is 0 Å². The maximum Gasteiger partial charge on any atom is 0.278 e. The summed E-state index contributed by atoms with van der Waals surface area (Å²) in [5.74, 6) is 0.363. The van der Waals surface area contributed by atoms with Gasteiger partial charge in [0, 0.05) is 5.02 Å². The molecule has 0 aliphatic carbocycles. The Morgan fingerprint density at radius 1 is 1.15 bits per heavy atom. The van der Waals surface area contributed by atoms with Gasteiger partial charge in [-0.15, -0.1) is 0 Å². The van der Waals surface area contributed by atoms with Gasteiger partial charge in [0.1, 0.15) is 23.9 Å². The van der Waals surface area contributed by atoms with E-state index in [1.807, 2.05) is 38.1 Å². The molecule has 0 unspecified atom stereocenters. The van der Waals surface area contributed by atoms with E-state index >= 15 is 0 Å². The molecule has 1 N–H and O–H groups in total. The summed E-state index contributed by atoms with van der Waals surface area (Å²) in [5.41, 5.74) is 4.48. The number of anilines is 1. The Balaban J connectivity index is 1.51. The fraction of sp³-hybridized carbons (Fsp3) is 0.240. The first-order valence-corrected chi connectivity index (χ1v) is 11.0. The van der Waals surface area contributed by atoms with Crippen LogP contribution in [-0.2, 0) is 13.2 Å². The predicted molar refractivity (Wildman–Crippen MR) is 127 cm³/mol. The predicted octanol–water partition coefficient (Wildman–Crippen LogP) is 5.78. The lowest BCUT2D eigenvalue weighted by Gasteiger charge is -2.09. The van der Waals surface area contributed by atoms with Crippen molar-refractivity contribution in [1.82, 2.24) is 14.9 Å². The summed E-state index contributed by atoms with van der Waals surface area (Å²) < 4.78 is 26.2. The molecule has 9 heteroatoms. The number of aromatic nitrogens is 3. The van der Waals surface area contributed by atoms with Crippen molar-refractivity contribution < 1.29 is 18.4 Å². The molecular weight excluding hydrogens is 459 g/mol. The largest absolute Gasteiger partial charge is 0.489 e. The van der Waals surface area contributed by atoms with E-state index in [1.54, 1.807) is 24.6 Å². The van der Waals surface area contributed by atoms with Crippen LogP contribution in [0.2, 0.25) is 5.02 Å². The highest BCUT2D eigenvalue weighted by molar-refractivity contribution is 6.31. The molecule has 34 heavy (non-hydrogen) atoms. The Labute approximate surface area is 201 Å². The first kappa shape index (κ1) is 23.5. The maximum atomic E-state index is 13.4. The molecule has 2 aromatic heterocycles. The second-order valence-corrected chi connectivity index (χ2v) is 8.47. The molecule has 7 nitrogen and oxygen atoms in total. The highest BCUT2D eigenvalue weighted by atomic mass is 35.5. The van der Waals surface area contributed by atoms with Gasteiger partial charge in [-0.05, 0) is 57.5 Å². The third kappa shape index (κ3) is 4.97. The van der Waals surface area contributed by atoms with E-state index < -0.39 is 11.7 Å². The molecule has 0 atom stereocenters. The fourth-order valence-electron chi connectivity index (χ4n) is 3.55. The summed E-state index contributed by atoms with van der Waals surface area (Å²) in [7, 11) is 0. The van der Waals surface area contributed by atoms with Crippen LogP contribution in [0.1, 0.15) is 44.3 Å². The van der Waals surface area contributed by atoms with E-state index in [9.17, 15) is 9.18 Å². The number of amides is 1. The number of hydrogen-bond donors (Lipinski definition) is 1. The number of hydrogen-bond acceptors (Lipinski definition) is 5. The van der Waals surface area contributed by atoms with Gasteiger partial charge in [-0.25, -0.2) is 4.39 Å². The van der Waals surface area contributed by atoms with E-state index in [2.05, 4.69) is 15.6 Å². The number of carbonyl (C=O) groups excluding carboxylic acids is 1. The first-order chi connectivity index (χ1) is 16.2. The van der Waals surface area contributed by atoms with E-state index in [0.29, 0.717) is 45.6 Å². The Kier molecular flexibility index (Phi) is 6.70. The van der Waals surface area contributed by atoms with E-state index in [-0.39, 0.29) is 12.3 Å². The van der Waals surface area contributed by atoms with Crippen molar-refractivity contribution in [2.75, 3.05) is 5.32 Å². The molecule has 2 heterocycles. The van der Waals surface area contributed by atoms with Crippen LogP contribution in [-0.4, -0.2) is 20.8 Å². The molecule has 4 aromatic rings. The average molecular weight is 483 g/mol. The SMILES string of the molecule is Cc1ccc(OCc2c(C(=O)Nc3c(C)nn(Cc4ccc(F)cc4Cl)c3C)noc2C)cc1. The normalized spacial score (nSPS) is 11.0. The van der Waals surface area contributed by atoms with Crippen molar-refractivity contribution in [3.8, 4) is 5.75 Å². The maximum absolute atomic E-state index is 13.4. The van der Waals surface area contributed by atoms with Crippen molar-refractivity contribution in [2.24, 2.45) is 0 Å². The third-order valence-electron chi connectivity index (χ3n) is 5.56. The summed E-state index contributed by atoms with van der Waals surface area (Å²) in [6.07, 6.45) is 0. The van der Waals surface area contributed by atoms with Gasteiger partial charge in [0.25, 0.3) is 5.91 Å². The van der Waals surface area contributed by atoms with E-state index in [4.69, 9.17) is 20.9 Å². The van der Waals surface area contributed by atoms with Crippen LogP contribution >= 0.6 is 11.6 Å². The van der Waals surface area contributed by atoms with Gasteiger partial charge < -0.3 is 14.6 Å². The van der Waals surface area contributed by atoms with Gasteiger partial charge in [-0.2, -0.15) is 5.10 Å². The van der Waals surface area contributed by atoms with Gasteiger partial charge in [0.2, 0.25) is 0 Å².